The van der Waals surface area contributed by atoms with E-state index in [9.17, 15) is 9.59 Å². The Labute approximate surface area is 167 Å². The van der Waals surface area contributed by atoms with Crippen molar-refractivity contribution in [2.24, 2.45) is 0 Å². The molecule has 2 aliphatic rings. The number of amides is 2. The highest BCUT2D eigenvalue weighted by molar-refractivity contribution is 5.75. The summed E-state index contributed by atoms with van der Waals surface area (Å²) in [6, 6.07) is 10.9. The minimum absolute atomic E-state index is 0.0723. The average Bonchev–Trinajstić information content (AvgIpc) is 2.75. The molecule has 3 rings (SSSR count). The minimum atomic E-state index is -0.268. The van der Waals surface area contributed by atoms with Gasteiger partial charge < -0.3 is 19.9 Å². The molecule has 1 aromatic rings. The Balaban J connectivity index is 1.42. The van der Waals surface area contributed by atoms with E-state index in [-0.39, 0.29) is 18.4 Å². The van der Waals surface area contributed by atoms with Crippen LogP contribution in [0.2, 0.25) is 0 Å². The van der Waals surface area contributed by atoms with E-state index in [4.69, 9.17) is 4.74 Å². The average molecular weight is 389 g/mol. The fourth-order valence-electron chi connectivity index (χ4n) is 4.04. The molecule has 2 amide bonds. The minimum Gasteiger partial charge on any atom is -0.466 e. The molecular weight excluding hydrogens is 356 g/mol. The number of piperidine rings is 1. The molecule has 2 saturated heterocycles. The lowest BCUT2D eigenvalue weighted by Crippen LogP contribution is -2.57. The van der Waals surface area contributed by atoms with Crippen LogP contribution in [0.4, 0.5) is 10.5 Å². The number of nitrogens with zero attached hydrogens (tertiary/aromatic N) is 3. The molecule has 0 radical (unpaired) electrons. The fourth-order valence-corrected chi connectivity index (χ4v) is 4.04. The summed E-state index contributed by atoms with van der Waals surface area (Å²) in [4.78, 5) is 30.7. The number of para-hydroxylation sites is 1. The van der Waals surface area contributed by atoms with Crippen LogP contribution in [0.15, 0.2) is 30.3 Å². The highest BCUT2D eigenvalue weighted by Gasteiger charge is 2.30. The quantitative estimate of drug-likeness (QED) is 0.755. The highest BCUT2D eigenvalue weighted by Crippen LogP contribution is 2.20. The van der Waals surface area contributed by atoms with Gasteiger partial charge >= 0.3 is 12.0 Å². The highest BCUT2D eigenvalue weighted by atomic mass is 16.5. The van der Waals surface area contributed by atoms with Crippen LogP contribution in [0.3, 0.4) is 0 Å². The molecule has 7 nitrogen and oxygen atoms in total. The predicted octanol–water partition coefficient (Wildman–Crippen LogP) is 1.94. The summed E-state index contributed by atoms with van der Waals surface area (Å²) < 4.78 is 4.89. The first kappa shape index (κ1) is 20.5. The number of carbonyl (C=O) groups excluding carboxylic acids is 2. The molecule has 28 heavy (non-hydrogen) atoms. The molecule has 1 N–H and O–H groups in total. The summed E-state index contributed by atoms with van der Waals surface area (Å²) in [5.74, 6) is -0.268. The second-order valence-corrected chi connectivity index (χ2v) is 7.39. The van der Waals surface area contributed by atoms with Crippen molar-refractivity contribution in [2.45, 2.75) is 32.2 Å². The van der Waals surface area contributed by atoms with Crippen molar-refractivity contribution in [3.63, 3.8) is 0 Å². The zero-order chi connectivity index (χ0) is 19.8. The summed E-state index contributed by atoms with van der Waals surface area (Å²) >= 11 is 0. The van der Waals surface area contributed by atoms with E-state index in [1.165, 1.54) is 5.69 Å². The van der Waals surface area contributed by atoms with Crippen LogP contribution in [0.1, 0.15) is 26.2 Å². The number of nitrogens with one attached hydrogen (secondary N) is 1. The maximum atomic E-state index is 12.4. The van der Waals surface area contributed by atoms with Crippen LogP contribution in [0.25, 0.3) is 0 Å². The third-order valence-electron chi connectivity index (χ3n) is 5.55. The summed E-state index contributed by atoms with van der Waals surface area (Å²) in [5, 5.41) is 2.85. The first-order valence-electron chi connectivity index (χ1n) is 10.4. The molecule has 0 bridgehead atoms. The van der Waals surface area contributed by atoms with Gasteiger partial charge in [-0.05, 0) is 31.9 Å². The van der Waals surface area contributed by atoms with Gasteiger partial charge in [-0.15, -0.1) is 0 Å². The molecule has 2 heterocycles. The number of esters is 1. The van der Waals surface area contributed by atoms with Gasteiger partial charge in [-0.3, -0.25) is 9.69 Å². The van der Waals surface area contributed by atoms with E-state index < -0.39 is 0 Å². The van der Waals surface area contributed by atoms with Crippen LogP contribution in [0.5, 0.6) is 0 Å². The summed E-state index contributed by atoms with van der Waals surface area (Å²) in [6.07, 6.45) is 2.38. The topological polar surface area (TPSA) is 65.1 Å². The number of piperazine rings is 1. The monoisotopic (exact) mass is 388 g/mol. The van der Waals surface area contributed by atoms with Crippen LogP contribution in [0, 0.1) is 0 Å². The maximum Gasteiger partial charge on any atom is 0.317 e. The van der Waals surface area contributed by atoms with E-state index in [2.05, 4.69) is 39.4 Å². The number of hydrogen-bond donors (Lipinski definition) is 1. The number of benzene rings is 1. The van der Waals surface area contributed by atoms with Crippen molar-refractivity contribution < 1.29 is 14.3 Å². The first-order valence-corrected chi connectivity index (χ1v) is 10.4. The van der Waals surface area contributed by atoms with Gasteiger partial charge in [-0.1, -0.05) is 18.2 Å². The number of urea groups is 1. The van der Waals surface area contributed by atoms with Gasteiger partial charge in [0, 0.05) is 57.5 Å². The van der Waals surface area contributed by atoms with Gasteiger partial charge in [0.05, 0.1) is 13.0 Å². The Morgan fingerprint density at radius 1 is 1.11 bits per heavy atom. The Morgan fingerprint density at radius 3 is 2.57 bits per heavy atom. The smallest absolute Gasteiger partial charge is 0.317 e. The second kappa shape index (κ2) is 10.3. The zero-order valence-electron chi connectivity index (χ0n) is 16.8. The molecule has 0 aliphatic carbocycles. The van der Waals surface area contributed by atoms with Gasteiger partial charge in [0.1, 0.15) is 0 Å². The molecule has 1 aromatic carbocycles. The van der Waals surface area contributed by atoms with Crippen molar-refractivity contribution in [1.82, 2.24) is 15.1 Å². The molecule has 0 spiro atoms. The van der Waals surface area contributed by atoms with Gasteiger partial charge in [0.15, 0.2) is 0 Å². The Kier molecular flexibility index (Phi) is 7.54. The number of anilines is 1. The molecule has 154 valence electrons. The van der Waals surface area contributed by atoms with Crippen molar-refractivity contribution in [1.29, 1.82) is 0 Å². The van der Waals surface area contributed by atoms with E-state index in [0.29, 0.717) is 19.2 Å². The largest absolute Gasteiger partial charge is 0.466 e. The molecule has 0 saturated carbocycles. The van der Waals surface area contributed by atoms with E-state index in [0.717, 1.165) is 52.1 Å². The van der Waals surface area contributed by atoms with Crippen molar-refractivity contribution in [2.75, 3.05) is 57.3 Å². The predicted molar refractivity (Wildman–Crippen MR) is 109 cm³/mol. The molecular formula is C21H32N4O3. The number of carbonyl (C=O) groups is 2. The van der Waals surface area contributed by atoms with Crippen molar-refractivity contribution in [3.8, 4) is 0 Å². The lowest BCUT2D eigenvalue weighted by molar-refractivity contribution is -0.142. The molecule has 7 heteroatoms. The fraction of sp³-hybridized carbons (Fsp3) is 0.619. The summed E-state index contributed by atoms with van der Waals surface area (Å²) in [7, 11) is 0. The third kappa shape index (κ3) is 5.61. The zero-order valence-corrected chi connectivity index (χ0v) is 16.8. The number of rotatable bonds is 6. The van der Waals surface area contributed by atoms with Gasteiger partial charge in [0.2, 0.25) is 0 Å². The van der Waals surface area contributed by atoms with Crippen LogP contribution < -0.4 is 10.2 Å². The molecule has 2 fully saturated rings. The Morgan fingerprint density at radius 2 is 1.86 bits per heavy atom. The lowest BCUT2D eigenvalue weighted by atomic mass is 10.0. The first-order chi connectivity index (χ1) is 13.7. The van der Waals surface area contributed by atoms with Crippen LogP contribution in [-0.2, 0) is 9.53 Å². The maximum absolute atomic E-state index is 12.4. The normalized spacial score (nSPS) is 20.7. The van der Waals surface area contributed by atoms with Gasteiger partial charge in [-0.25, -0.2) is 4.79 Å². The summed E-state index contributed by atoms with van der Waals surface area (Å²) in [6.45, 7) is 8.12. The number of hydrogen-bond acceptors (Lipinski definition) is 5. The Hall–Kier alpha value is -2.28. The van der Waals surface area contributed by atoms with E-state index in [1.807, 2.05) is 11.0 Å². The molecule has 1 atom stereocenters. The van der Waals surface area contributed by atoms with Crippen LogP contribution >= 0.6 is 0 Å². The lowest BCUT2D eigenvalue weighted by Gasteiger charge is -2.43. The van der Waals surface area contributed by atoms with E-state index >= 15 is 0 Å². The van der Waals surface area contributed by atoms with Crippen LogP contribution in [-0.4, -0.2) is 80.3 Å². The third-order valence-corrected chi connectivity index (χ3v) is 5.55. The molecule has 0 unspecified atom stereocenters. The van der Waals surface area contributed by atoms with E-state index in [1.54, 1.807) is 6.92 Å². The van der Waals surface area contributed by atoms with Gasteiger partial charge in [-0.2, -0.15) is 0 Å². The van der Waals surface area contributed by atoms with Crippen molar-refractivity contribution >= 4 is 17.7 Å². The standard InChI is InChI=1S/C21H32N4O3/c1-2-28-20(26)10-11-22-21(27)25-12-6-9-19(17-25)24-15-13-23(14-16-24)18-7-4-3-5-8-18/h3-5,7-8,19H,2,6,9-17H2,1H3,(H,22,27)/t19-/m0/s1. The Bertz CT molecular complexity index is 632. The number of ether oxygens (including phenoxy) is 1. The number of likely N-dealkylation sites (tertiary alicyclic amines) is 1. The second-order valence-electron chi connectivity index (χ2n) is 7.39. The molecule has 0 aromatic heterocycles. The molecule has 2 aliphatic heterocycles. The SMILES string of the molecule is CCOC(=O)CCNC(=O)N1CCC[C@H](N2CCN(c3ccccc3)CC2)C1. The van der Waals surface area contributed by atoms with Crippen molar-refractivity contribution in [3.05, 3.63) is 30.3 Å². The summed E-state index contributed by atoms with van der Waals surface area (Å²) in [5.41, 5.74) is 1.29. The van der Waals surface area contributed by atoms with Gasteiger partial charge in [0.25, 0.3) is 0 Å².